The van der Waals surface area contributed by atoms with Crippen LogP contribution in [0.5, 0.6) is 0 Å². The Balaban J connectivity index is 1.57. The lowest BCUT2D eigenvalue weighted by Gasteiger charge is -2.22. The van der Waals surface area contributed by atoms with Crippen molar-refractivity contribution in [2.75, 3.05) is 10.3 Å². The molecule has 2 aromatic carbocycles. The molecule has 0 fully saturated rings. The Kier molecular flexibility index (Phi) is 5.72. The molecule has 0 bridgehead atoms. The van der Waals surface area contributed by atoms with Crippen molar-refractivity contribution in [2.24, 2.45) is 5.10 Å². The number of nitrogens with zero attached hydrogens (tertiary/aromatic N) is 2. The molecule has 0 radical (unpaired) electrons. The molecule has 1 N–H and O–H groups in total. The lowest BCUT2D eigenvalue weighted by atomic mass is 10.1. The van der Waals surface area contributed by atoms with Gasteiger partial charge in [0.05, 0.1) is 21.6 Å². The highest BCUT2D eigenvalue weighted by Crippen LogP contribution is 2.39. The first-order chi connectivity index (χ1) is 14.7. The maximum absolute atomic E-state index is 13.3. The summed E-state index contributed by atoms with van der Waals surface area (Å²) >= 11 is 7.40. The number of rotatable bonds is 4. The first kappa shape index (κ1) is 21.3. The smallest absolute Gasteiger partial charge is 0.321 e. The number of hydrogen-bond donors (Lipinski definition) is 1. The van der Waals surface area contributed by atoms with E-state index in [9.17, 15) is 22.4 Å². The highest BCUT2D eigenvalue weighted by atomic mass is 35.5. The van der Waals surface area contributed by atoms with Crippen molar-refractivity contribution in [1.82, 2.24) is 0 Å². The fourth-order valence-electron chi connectivity index (χ4n) is 3.15. The molecular weight excluding hydrogens is 454 g/mol. The van der Waals surface area contributed by atoms with Gasteiger partial charge in [-0.2, -0.15) is 18.3 Å². The topological polar surface area (TPSA) is 44.7 Å². The Labute approximate surface area is 183 Å². The molecule has 31 heavy (non-hydrogen) atoms. The Hall–Kier alpha value is -2.91. The minimum atomic E-state index is -4.46. The zero-order valence-electron chi connectivity index (χ0n) is 15.7. The Morgan fingerprint density at radius 1 is 1.06 bits per heavy atom. The second kappa shape index (κ2) is 8.32. The molecule has 3 aromatic rings. The van der Waals surface area contributed by atoms with Gasteiger partial charge in [-0.15, -0.1) is 11.3 Å². The average Bonchev–Trinajstić information content (AvgIpc) is 3.35. The van der Waals surface area contributed by atoms with Gasteiger partial charge in [0.2, 0.25) is 0 Å². The van der Waals surface area contributed by atoms with Gasteiger partial charge in [0, 0.05) is 17.0 Å². The molecular formula is C21H14ClF4N3OS. The summed E-state index contributed by atoms with van der Waals surface area (Å²) < 4.78 is 52.1. The summed E-state index contributed by atoms with van der Waals surface area (Å²) in [5, 5.41) is 8.60. The number of anilines is 2. The quantitative estimate of drug-likeness (QED) is 0.445. The molecule has 160 valence electrons. The SMILES string of the molecule is O=C(Nc1ccc(C(F)(F)F)cc1)C1=NN(c2ccc(F)cc2)C(c2ccc(Cl)s2)C1. The molecule has 0 saturated carbocycles. The fourth-order valence-corrected chi connectivity index (χ4v) is 4.30. The summed E-state index contributed by atoms with van der Waals surface area (Å²) in [6.45, 7) is 0. The highest BCUT2D eigenvalue weighted by molar-refractivity contribution is 7.16. The second-order valence-electron chi connectivity index (χ2n) is 6.76. The normalized spacial score (nSPS) is 16.4. The number of amides is 1. The Morgan fingerprint density at radius 2 is 1.74 bits per heavy atom. The first-order valence-electron chi connectivity index (χ1n) is 9.07. The summed E-state index contributed by atoms with van der Waals surface area (Å²) in [6, 6.07) is 13.1. The van der Waals surface area contributed by atoms with E-state index < -0.39 is 23.5 Å². The zero-order valence-corrected chi connectivity index (χ0v) is 17.2. The molecule has 1 aromatic heterocycles. The van der Waals surface area contributed by atoms with Crippen LogP contribution in [0.25, 0.3) is 0 Å². The van der Waals surface area contributed by atoms with E-state index in [4.69, 9.17) is 11.6 Å². The largest absolute Gasteiger partial charge is 0.416 e. The van der Waals surface area contributed by atoms with E-state index in [1.54, 1.807) is 23.2 Å². The predicted molar refractivity (Wildman–Crippen MR) is 113 cm³/mol. The monoisotopic (exact) mass is 467 g/mol. The van der Waals surface area contributed by atoms with Gasteiger partial charge in [-0.25, -0.2) is 4.39 Å². The van der Waals surface area contributed by atoms with Gasteiger partial charge in [0.1, 0.15) is 11.5 Å². The van der Waals surface area contributed by atoms with Crippen LogP contribution in [-0.4, -0.2) is 11.6 Å². The standard InChI is InChI=1S/C21H14ClF4N3OS/c22-19-10-9-18(31-19)17-11-16(28-29(17)15-7-3-13(23)4-8-15)20(30)27-14-5-1-12(2-6-14)21(24,25)26/h1-10,17H,11H2,(H,27,30). The van der Waals surface area contributed by atoms with Gasteiger partial charge in [-0.1, -0.05) is 11.6 Å². The number of hydrazone groups is 1. The van der Waals surface area contributed by atoms with Crippen LogP contribution in [-0.2, 0) is 11.0 Å². The summed E-state index contributed by atoms with van der Waals surface area (Å²) in [5.74, 6) is -0.931. The maximum Gasteiger partial charge on any atom is 0.416 e. The second-order valence-corrected chi connectivity index (χ2v) is 8.51. The summed E-state index contributed by atoms with van der Waals surface area (Å²) in [7, 11) is 0. The van der Waals surface area contributed by atoms with Crippen LogP contribution in [0.2, 0.25) is 4.34 Å². The molecule has 4 rings (SSSR count). The molecule has 1 unspecified atom stereocenters. The van der Waals surface area contributed by atoms with Crippen molar-refractivity contribution in [3.05, 3.63) is 81.3 Å². The first-order valence-corrected chi connectivity index (χ1v) is 10.3. The van der Waals surface area contributed by atoms with Crippen LogP contribution in [0, 0.1) is 5.82 Å². The van der Waals surface area contributed by atoms with Crippen molar-refractivity contribution in [3.63, 3.8) is 0 Å². The molecule has 0 aliphatic carbocycles. The molecule has 1 atom stereocenters. The number of halogens is 5. The van der Waals surface area contributed by atoms with Gasteiger partial charge in [-0.3, -0.25) is 9.80 Å². The number of hydrogen-bond acceptors (Lipinski definition) is 4. The van der Waals surface area contributed by atoms with E-state index in [0.717, 1.165) is 17.0 Å². The molecule has 0 spiro atoms. The predicted octanol–water partition coefficient (Wildman–Crippen LogP) is 6.51. The van der Waals surface area contributed by atoms with Crippen molar-refractivity contribution in [2.45, 2.75) is 18.6 Å². The number of carbonyl (C=O) groups is 1. The number of thiophene rings is 1. The van der Waals surface area contributed by atoms with Crippen LogP contribution in [0.1, 0.15) is 22.9 Å². The van der Waals surface area contributed by atoms with Crippen LogP contribution in [0.15, 0.2) is 65.8 Å². The molecule has 1 aliphatic heterocycles. The molecule has 4 nitrogen and oxygen atoms in total. The number of carbonyl (C=O) groups excluding carboxylic acids is 1. The third kappa shape index (κ3) is 4.72. The highest BCUT2D eigenvalue weighted by Gasteiger charge is 2.34. The van der Waals surface area contributed by atoms with Gasteiger partial charge in [0.25, 0.3) is 5.91 Å². The fraction of sp³-hybridized carbons (Fsp3) is 0.143. The molecule has 10 heteroatoms. The van der Waals surface area contributed by atoms with Crippen LogP contribution < -0.4 is 10.3 Å². The molecule has 2 heterocycles. The van der Waals surface area contributed by atoms with Crippen LogP contribution in [0.3, 0.4) is 0 Å². The van der Waals surface area contributed by atoms with Crippen molar-refractivity contribution in [1.29, 1.82) is 0 Å². The minimum absolute atomic E-state index is 0.193. The number of nitrogens with one attached hydrogen (secondary N) is 1. The van der Waals surface area contributed by atoms with E-state index >= 15 is 0 Å². The van der Waals surface area contributed by atoms with Gasteiger partial charge in [0.15, 0.2) is 0 Å². The molecule has 1 amide bonds. The van der Waals surface area contributed by atoms with Crippen LogP contribution in [0.4, 0.5) is 28.9 Å². The lowest BCUT2D eigenvalue weighted by Crippen LogP contribution is -2.21. The van der Waals surface area contributed by atoms with Gasteiger partial charge < -0.3 is 5.32 Å². The maximum atomic E-state index is 13.3. The minimum Gasteiger partial charge on any atom is -0.321 e. The van der Waals surface area contributed by atoms with Crippen molar-refractivity contribution in [3.8, 4) is 0 Å². The molecule has 0 saturated heterocycles. The zero-order chi connectivity index (χ0) is 22.2. The Bertz CT molecular complexity index is 1130. The van der Waals surface area contributed by atoms with E-state index in [0.29, 0.717) is 10.0 Å². The van der Waals surface area contributed by atoms with E-state index in [1.165, 1.54) is 35.6 Å². The summed E-state index contributed by atoms with van der Waals surface area (Å²) in [6.07, 6.45) is -4.20. The van der Waals surface area contributed by atoms with Gasteiger partial charge in [-0.05, 0) is 60.7 Å². The van der Waals surface area contributed by atoms with E-state index in [1.807, 2.05) is 6.07 Å². The number of alkyl halides is 3. The van der Waals surface area contributed by atoms with E-state index in [-0.39, 0.29) is 23.9 Å². The average molecular weight is 468 g/mol. The summed E-state index contributed by atoms with van der Waals surface area (Å²) in [4.78, 5) is 13.6. The number of benzene rings is 2. The van der Waals surface area contributed by atoms with Gasteiger partial charge >= 0.3 is 6.18 Å². The van der Waals surface area contributed by atoms with Crippen molar-refractivity contribution < 1.29 is 22.4 Å². The lowest BCUT2D eigenvalue weighted by molar-refractivity contribution is -0.137. The van der Waals surface area contributed by atoms with Crippen LogP contribution >= 0.6 is 22.9 Å². The third-order valence-electron chi connectivity index (χ3n) is 4.66. The van der Waals surface area contributed by atoms with Crippen molar-refractivity contribution >= 4 is 45.9 Å². The third-order valence-corrected chi connectivity index (χ3v) is 5.99. The molecule has 1 aliphatic rings. The summed E-state index contributed by atoms with van der Waals surface area (Å²) in [5.41, 5.74) is 0.199. The van der Waals surface area contributed by atoms with E-state index in [2.05, 4.69) is 10.4 Å². The Morgan fingerprint density at radius 3 is 2.32 bits per heavy atom.